The van der Waals surface area contributed by atoms with Gasteiger partial charge in [-0.2, -0.15) is 0 Å². The lowest BCUT2D eigenvalue weighted by Gasteiger charge is -1.82. The van der Waals surface area contributed by atoms with Crippen LogP contribution in [0, 0.1) is 13.8 Å². The second-order valence-electron chi connectivity index (χ2n) is 3.31. The molecule has 3 heteroatoms. The average Bonchev–Trinajstić information content (AvgIpc) is 2.21. The van der Waals surface area contributed by atoms with Crippen molar-refractivity contribution >= 4 is 34.0 Å². The second kappa shape index (κ2) is 13.4. The molecule has 0 aliphatic heterocycles. The maximum Gasteiger partial charge on any atom is -0.0398 e. The number of hydrogen-bond acceptors (Lipinski definition) is 1. The number of rotatable bonds is 0. The van der Waals surface area contributed by atoms with Gasteiger partial charge < -0.3 is 6.15 Å². The minimum absolute atomic E-state index is 0. The van der Waals surface area contributed by atoms with Gasteiger partial charge in [0, 0.05) is 0 Å². The zero-order chi connectivity index (χ0) is 10.2. The standard InChI is InChI=1S/2C7H8.2BrH.H3N/c2*1-7-5-3-2-4-6-7;;;/h2*2-6H,1H3;2*1H;1H3. The topological polar surface area (TPSA) is 35.0 Å². The molecule has 96 valence electrons. The Morgan fingerprint density at radius 3 is 0.882 bits per heavy atom. The fourth-order valence-corrected chi connectivity index (χ4v) is 1.07. The van der Waals surface area contributed by atoms with Gasteiger partial charge in [0.1, 0.15) is 0 Å². The monoisotopic (exact) mass is 361 g/mol. The van der Waals surface area contributed by atoms with E-state index in [9.17, 15) is 0 Å². The van der Waals surface area contributed by atoms with Crippen LogP contribution in [0.4, 0.5) is 0 Å². The summed E-state index contributed by atoms with van der Waals surface area (Å²) in [6.45, 7) is 4.17. The van der Waals surface area contributed by atoms with E-state index < -0.39 is 0 Å². The Kier molecular flexibility index (Phi) is 17.1. The molecule has 1 nitrogen and oxygen atoms in total. The van der Waals surface area contributed by atoms with Crippen LogP contribution in [0.2, 0.25) is 0 Å². The lowest BCUT2D eigenvalue weighted by atomic mass is 10.2. The average molecular weight is 363 g/mol. The summed E-state index contributed by atoms with van der Waals surface area (Å²) in [5, 5.41) is 0. The van der Waals surface area contributed by atoms with Crippen molar-refractivity contribution in [1.29, 1.82) is 0 Å². The molecule has 2 rings (SSSR count). The molecule has 0 saturated heterocycles. The van der Waals surface area contributed by atoms with Crippen LogP contribution in [0.1, 0.15) is 11.1 Å². The maximum absolute atomic E-state index is 2.08. The van der Waals surface area contributed by atoms with Crippen molar-refractivity contribution in [1.82, 2.24) is 6.15 Å². The van der Waals surface area contributed by atoms with Gasteiger partial charge in [-0.25, -0.2) is 0 Å². The molecule has 0 amide bonds. The highest BCUT2D eigenvalue weighted by atomic mass is 79.9. The highest BCUT2D eigenvalue weighted by molar-refractivity contribution is 8.93. The van der Waals surface area contributed by atoms with Gasteiger partial charge >= 0.3 is 0 Å². The molecule has 0 bridgehead atoms. The van der Waals surface area contributed by atoms with Crippen LogP contribution in [0.15, 0.2) is 60.7 Å². The summed E-state index contributed by atoms with van der Waals surface area (Å²) in [7, 11) is 0. The lowest BCUT2D eigenvalue weighted by Crippen LogP contribution is -1.62. The summed E-state index contributed by atoms with van der Waals surface area (Å²) >= 11 is 0. The van der Waals surface area contributed by atoms with E-state index in [0.717, 1.165) is 0 Å². The summed E-state index contributed by atoms with van der Waals surface area (Å²) in [5.74, 6) is 0. The van der Waals surface area contributed by atoms with Gasteiger partial charge in [0.2, 0.25) is 0 Å². The van der Waals surface area contributed by atoms with Gasteiger partial charge in [-0.05, 0) is 13.8 Å². The van der Waals surface area contributed by atoms with E-state index in [0.29, 0.717) is 0 Å². The summed E-state index contributed by atoms with van der Waals surface area (Å²) < 4.78 is 0. The smallest absolute Gasteiger partial charge is 0.0398 e. The number of benzene rings is 2. The maximum atomic E-state index is 2.08. The molecule has 0 atom stereocenters. The van der Waals surface area contributed by atoms with Crippen molar-refractivity contribution in [2.45, 2.75) is 13.8 Å². The molecule has 17 heavy (non-hydrogen) atoms. The predicted molar refractivity (Wildman–Crippen MR) is 88.0 cm³/mol. The highest BCUT2D eigenvalue weighted by Gasteiger charge is 1.72. The van der Waals surface area contributed by atoms with Gasteiger partial charge in [0.25, 0.3) is 0 Å². The predicted octanol–water partition coefficient (Wildman–Crippen LogP) is 5.31. The van der Waals surface area contributed by atoms with Gasteiger partial charge in [0.05, 0.1) is 0 Å². The fraction of sp³-hybridized carbons (Fsp3) is 0.143. The Bertz CT molecular complexity index is 312. The van der Waals surface area contributed by atoms with Crippen molar-refractivity contribution in [3.63, 3.8) is 0 Å². The van der Waals surface area contributed by atoms with Crippen LogP contribution in [0.25, 0.3) is 0 Å². The first-order chi connectivity index (χ1) is 6.79. The Balaban J connectivity index is -0.000000196. The van der Waals surface area contributed by atoms with E-state index >= 15 is 0 Å². The fourth-order valence-electron chi connectivity index (χ4n) is 1.07. The Morgan fingerprint density at radius 2 is 0.765 bits per heavy atom. The van der Waals surface area contributed by atoms with Gasteiger partial charge in [-0.1, -0.05) is 71.8 Å². The van der Waals surface area contributed by atoms with Crippen molar-refractivity contribution < 1.29 is 0 Å². The largest absolute Gasteiger partial charge is 0.344 e. The molecule has 0 fully saturated rings. The van der Waals surface area contributed by atoms with Gasteiger partial charge in [-0.3, -0.25) is 0 Å². The van der Waals surface area contributed by atoms with Crippen LogP contribution >= 0.6 is 34.0 Å². The molecule has 0 unspecified atom stereocenters. The van der Waals surface area contributed by atoms with Crippen LogP contribution in [-0.4, -0.2) is 0 Å². The second-order valence-corrected chi connectivity index (χ2v) is 3.31. The summed E-state index contributed by atoms with van der Waals surface area (Å²) in [4.78, 5) is 0. The molecule has 3 N–H and O–H groups in total. The van der Waals surface area contributed by atoms with E-state index in [4.69, 9.17) is 0 Å². The molecular weight excluding hydrogens is 342 g/mol. The van der Waals surface area contributed by atoms with Gasteiger partial charge in [-0.15, -0.1) is 34.0 Å². The highest BCUT2D eigenvalue weighted by Crippen LogP contribution is 1.92. The molecule has 0 radical (unpaired) electrons. The van der Waals surface area contributed by atoms with Crippen molar-refractivity contribution in [3.8, 4) is 0 Å². The molecule has 0 saturated carbocycles. The minimum atomic E-state index is 0. The molecule has 0 spiro atoms. The first-order valence-corrected chi connectivity index (χ1v) is 4.82. The number of hydrogen-bond donors (Lipinski definition) is 1. The number of halogens is 2. The molecular formula is C14H21Br2N. The van der Waals surface area contributed by atoms with Crippen molar-refractivity contribution in [3.05, 3.63) is 71.8 Å². The Morgan fingerprint density at radius 1 is 0.529 bits per heavy atom. The lowest BCUT2D eigenvalue weighted by molar-refractivity contribution is 1.48. The first kappa shape index (κ1) is 21.6. The van der Waals surface area contributed by atoms with Crippen molar-refractivity contribution in [2.75, 3.05) is 0 Å². The Hall–Kier alpha value is -0.640. The van der Waals surface area contributed by atoms with Crippen LogP contribution in [0.3, 0.4) is 0 Å². The molecule has 0 aromatic heterocycles. The van der Waals surface area contributed by atoms with Gasteiger partial charge in [0.15, 0.2) is 0 Å². The zero-order valence-electron chi connectivity index (χ0n) is 10.3. The summed E-state index contributed by atoms with van der Waals surface area (Å²) in [6, 6.07) is 20.5. The van der Waals surface area contributed by atoms with Crippen LogP contribution < -0.4 is 6.15 Å². The number of aryl methyl sites for hydroxylation is 2. The molecule has 2 aromatic rings. The van der Waals surface area contributed by atoms with E-state index in [-0.39, 0.29) is 40.1 Å². The molecule has 0 heterocycles. The summed E-state index contributed by atoms with van der Waals surface area (Å²) in [6.07, 6.45) is 0. The van der Waals surface area contributed by atoms with E-state index in [2.05, 4.69) is 38.1 Å². The third-order valence-corrected chi connectivity index (χ3v) is 1.88. The minimum Gasteiger partial charge on any atom is -0.344 e. The SMILES string of the molecule is Br.Br.Cc1ccccc1.Cc1ccccc1.N. The summed E-state index contributed by atoms with van der Waals surface area (Å²) in [5.41, 5.74) is 2.64. The third kappa shape index (κ3) is 11.6. The first-order valence-electron chi connectivity index (χ1n) is 4.82. The quantitative estimate of drug-likeness (QED) is 0.677. The normalized spacial score (nSPS) is 7.18. The molecule has 0 aliphatic carbocycles. The van der Waals surface area contributed by atoms with Crippen LogP contribution in [0.5, 0.6) is 0 Å². The van der Waals surface area contributed by atoms with E-state index in [1.165, 1.54) is 11.1 Å². The third-order valence-electron chi connectivity index (χ3n) is 1.88. The Labute approximate surface area is 125 Å². The van der Waals surface area contributed by atoms with E-state index in [1.54, 1.807) is 0 Å². The molecule has 2 aromatic carbocycles. The van der Waals surface area contributed by atoms with Crippen LogP contribution in [-0.2, 0) is 0 Å². The van der Waals surface area contributed by atoms with Crippen molar-refractivity contribution in [2.24, 2.45) is 0 Å². The molecule has 0 aliphatic rings. The zero-order valence-corrected chi connectivity index (χ0v) is 13.7. The van der Waals surface area contributed by atoms with E-state index in [1.807, 2.05) is 36.4 Å².